The highest BCUT2D eigenvalue weighted by Crippen LogP contribution is 2.23. The van der Waals surface area contributed by atoms with Crippen molar-refractivity contribution in [3.05, 3.63) is 53.6 Å². The molecule has 1 aromatic carbocycles. The average Bonchev–Trinajstić information content (AvgIpc) is 2.99. The summed E-state index contributed by atoms with van der Waals surface area (Å²) in [4.78, 5) is 0. The van der Waals surface area contributed by atoms with E-state index in [1.807, 2.05) is 6.07 Å². The largest absolute Gasteiger partial charge is 0.314 e. The van der Waals surface area contributed by atoms with Crippen LogP contribution in [-0.2, 0) is 13.0 Å². The molecule has 0 fully saturated rings. The van der Waals surface area contributed by atoms with Crippen molar-refractivity contribution in [2.45, 2.75) is 39.2 Å². The van der Waals surface area contributed by atoms with Gasteiger partial charge in [0.15, 0.2) is 0 Å². The molecule has 3 rings (SSSR count). The normalized spacial score (nSPS) is 17.8. The van der Waals surface area contributed by atoms with E-state index < -0.39 is 0 Å². The second-order valence-corrected chi connectivity index (χ2v) is 6.62. The maximum Gasteiger partial charge on any atom is 0.135 e. The SMILES string of the molecule is CC(C)c1nnc2n1C[C@@H](CNC/C=C\c1ccccc1)CC2. The molecule has 122 valence electrons. The maximum atomic E-state index is 4.36. The summed E-state index contributed by atoms with van der Waals surface area (Å²) in [7, 11) is 0. The molecule has 1 atom stereocenters. The molecule has 0 saturated carbocycles. The number of aryl methyl sites for hydroxylation is 1. The van der Waals surface area contributed by atoms with Gasteiger partial charge in [0.25, 0.3) is 0 Å². The third kappa shape index (κ3) is 4.08. The lowest BCUT2D eigenvalue weighted by Gasteiger charge is -2.25. The molecule has 1 N–H and O–H groups in total. The molecule has 0 saturated heterocycles. The van der Waals surface area contributed by atoms with Crippen LogP contribution in [0.2, 0.25) is 0 Å². The number of hydrogen-bond donors (Lipinski definition) is 1. The molecule has 4 heteroatoms. The summed E-state index contributed by atoms with van der Waals surface area (Å²) in [6.45, 7) is 7.39. The Morgan fingerprint density at radius 3 is 2.87 bits per heavy atom. The molecule has 1 aliphatic rings. The molecular formula is C19H26N4. The van der Waals surface area contributed by atoms with Crippen LogP contribution in [0.4, 0.5) is 0 Å². The fourth-order valence-corrected chi connectivity index (χ4v) is 3.14. The lowest BCUT2D eigenvalue weighted by Crippen LogP contribution is -2.31. The van der Waals surface area contributed by atoms with E-state index in [1.165, 1.54) is 12.0 Å². The predicted molar refractivity (Wildman–Crippen MR) is 94.3 cm³/mol. The number of aromatic nitrogens is 3. The minimum Gasteiger partial charge on any atom is -0.314 e. The first-order valence-corrected chi connectivity index (χ1v) is 8.58. The van der Waals surface area contributed by atoms with Gasteiger partial charge in [-0.15, -0.1) is 10.2 Å². The highest BCUT2D eigenvalue weighted by Gasteiger charge is 2.23. The standard InChI is InChI=1S/C19H26N4/c1-15(2)19-22-21-18-11-10-17(14-23(18)19)13-20-12-6-9-16-7-4-3-5-8-16/h3-9,15,17,20H,10-14H2,1-2H3/b9-6-/t17-/m1/s1. The van der Waals surface area contributed by atoms with Crippen LogP contribution in [-0.4, -0.2) is 27.9 Å². The van der Waals surface area contributed by atoms with Crippen LogP contribution in [0.3, 0.4) is 0 Å². The van der Waals surface area contributed by atoms with Crippen molar-refractivity contribution in [3.8, 4) is 0 Å². The van der Waals surface area contributed by atoms with Crippen molar-refractivity contribution in [2.24, 2.45) is 5.92 Å². The molecule has 0 bridgehead atoms. The highest BCUT2D eigenvalue weighted by molar-refractivity contribution is 5.48. The summed E-state index contributed by atoms with van der Waals surface area (Å²) in [5, 5.41) is 12.2. The van der Waals surface area contributed by atoms with Crippen LogP contribution in [0, 0.1) is 5.92 Å². The van der Waals surface area contributed by atoms with Crippen molar-refractivity contribution >= 4 is 6.08 Å². The second kappa shape index (κ2) is 7.55. The van der Waals surface area contributed by atoms with Gasteiger partial charge in [-0.25, -0.2) is 0 Å². The van der Waals surface area contributed by atoms with E-state index in [9.17, 15) is 0 Å². The van der Waals surface area contributed by atoms with E-state index in [-0.39, 0.29) is 0 Å². The van der Waals surface area contributed by atoms with Crippen molar-refractivity contribution in [1.29, 1.82) is 0 Å². The Morgan fingerprint density at radius 1 is 1.26 bits per heavy atom. The Labute approximate surface area is 138 Å². The molecule has 0 radical (unpaired) electrons. The number of benzene rings is 1. The average molecular weight is 310 g/mol. The number of nitrogens with one attached hydrogen (secondary N) is 1. The van der Waals surface area contributed by atoms with Gasteiger partial charge in [-0.1, -0.05) is 56.3 Å². The van der Waals surface area contributed by atoms with Gasteiger partial charge in [-0.3, -0.25) is 0 Å². The Morgan fingerprint density at radius 2 is 2.09 bits per heavy atom. The first-order valence-electron chi connectivity index (χ1n) is 8.58. The fourth-order valence-electron chi connectivity index (χ4n) is 3.14. The summed E-state index contributed by atoms with van der Waals surface area (Å²) in [6.07, 6.45) is 6.61. The number of hydrogen-bond acceptors (Lipinski definition) is 3. The van der Waals surface area contributed by atoms with Gasteiger partial charge in [0.2, 0.25) is 0 Å². The summed E-state index contributed by atoms with van der Waals surface area (Å²) in [5.41, 5.74) is 1.25. The summed E-state index contributed by atoms with van der Waals surface area (Å²) in [6, 6.07) is 10.4. The number of rotatable bonds is 6. The Hall–Kier alpha value is -1.94. The molecule has 1 aromatic heterocycles. The van der Waals surface area contributed by atoms with Crippen LogP contribution >= 0.6 is 0 Å². The maximum absolute atomic E-state index is 4.36. The van der Waals surface area contributed by atoms with Gasteiger partial charge in [0, 0.05) is 25.4 Å². The van der Waals surface area contributed by atoms with E-state index in [1.54, 1.807) is 0 Å². The molecular weight excluding hydrogens is 284 g/mol. The molecule has 23 heavy (non-hydrogen) atoms. The second-order valence-electron chi connectivity index (χ2n) is 6.62. The lowest BCUT2D eigenvalue weighted by atomic mass is 9.98. The van der Waals surface area contributed by atoms with Crippen LogP contribution in [0.1, 0.15) is 43.4 Å². The number of nitrogens with zero attached hydrogens (tertiary/aromatic N) is 3. The van der Waals surface area contributed by atoms with Crippen molar-refractivity contribution in [3.63, 3.8) is 0 Å². The predicted octanol–water partition coefficient (Wildman–Crippen LogP) is 3.27. The van der Waals surface area contributed by atoms with Gasteiger partial charge in [-0.05, 0) is 24.4 Å². The zero-order valence-corrected chi connectivity index (χ0v) is 14.1. The van der Waals surface area contributed by atoms with E-state index in [2.05, 4.69) is 70.3 Å². The summed E-state index contributed by atoms with van der Waals surface area (Å²) < 4.78 is 2.33. The lowest BCUT2D eigenvalue weighted by molar-refractivity contribution is 0.345. The van der Waals surface area contributed by atoms with Crippen molar-refractivity contribution in [2.75, 3.05) is 13.1 Å². The van der Waals surface area contributed by atoms with Gasteiger partial charge in [-0.2, -0.15) is 0 Å². The zero-order valence-electron chi connectivity index (χ0n) is 14.1. The van der Waals surface area contributed by atoms with E-state index in [0.717, 1.165) is 37.7 Å². The third-order valence-corrected chi connectivity index (χ3v) is 4.39. The fraction of sp³-hybridized carbons (Fsp3) is 0.474. The minimum atomic E-state index is 0.441. The molecule has 2 heterocycles. The van der Waals surface area contributed by atoms with Gasteiger partial charge in [0.1, 0.15) is 11.6 Å². The number of fused-ring (bicyclic) bond motifs is 1. The van der Waals surface area contributed by atoms with Crippen molar-refractivity contribution in [1.82, 2.24) is 20.1 Å². The van der Waals surface area contributed by atoms with Crippen LogP contribution in [0.5, 0.6) is 0 Å². The van der Waals surface area contributed by atoms with Crippen LogP contribution in [0.15, 0.2) is 36.4 Å². The molecule has 0 aliphatic carbocycles. The van der Waals surface area contributed by atoms with E-state index >= 15 is 0 Å². The Balaban J connectivity index is 1.47. The Kier molecular flexibility index (Phi) is 5.23. The molecule has 0 spiro atoms. The quantitative estimate of drug-likeness (QED) is 0.833. The molecule has 1 aliphatic heterocycles. The third-order valence-electron chi connectivity index (χ3n) is 4.39. The zero-order chi connectivity index (χ0) is 16.1. The molecule has 0 amide bonds. The van der Waals surface area contributed by atoms with Crippen LogP contribution < -0.4 is 5.32 Å². The van der Waals surface area contributed by atoms with E-state index in [4.69, 9.17) is 0 Å². The topological polar surface area (TPSA) is 42.7 Å². The van der Waals surface area contributed by atoms with Crippen molar-refractivity contribution < 1.29 is 0 Å². The monoisotopic (exact) mass is 310 g/mol. The first kappa shape index (κ1) is 15.9. The minimum absolute atomic E-state index is 0.441. The molecule has 0 unspecified atom stereocenters. The highest BCUT2D eigenvalue weighted by atomic mass is 15.3. The van der Waals surface area contributed by atoms with Gasteiger partial charge >= 0.3 is 0 Å². The Bertz CT molecular complexity index is 643. The van der Waals surface area contributed by atoms with Crippen LogP contribution in [0.25, 0.3) is 6.08 Å². The van der Waals surface area contributed by atoms with E-state index in [0.29, 0.717) is 11.8 Å². The molecule has 2 aromatic rings. The summed E-state index contributed by atoms with van der Waals surface area (Å²) >= 11 is 0. The first-order chi connectivity index (χ1) is 11.2. The van der Waals surface area contributed by atoms with Gasteiger partial charge < -0.3 is 9.88 Å². The smallest absolute Gasteiger partial charge is 0.135 e. The van der Waals surface area contributed by atoms with Gasteiger partial charge in [0.05, 0.1) is 0 Å². The molecule has 4 nitrogen and oxygen atoms in total. The summed E-state index contributed by atoms with van der Waals surface area (Å²) in [5.74, 6) is 3.40.